The molecule has 4 fully saturated rings. The highest BCUT2D eigenvalue weighted by atomic mass is 35.5. The Morgan fingerprint density at radius 3 is 0.822 bits per heavy atom. The molecule has 6 aromatic carbocycles. The lowest BCUT2D eigenvalue weighted by Gasteiger charge is -2.52. The summed E-state index contributed by atoms with van der Waals surface area (Å²) in [4.78, 5) is 76.5. The van der Waals surface area contributed by atoms with Gasteiger partial charge in [0.25, 0.3) is 0 Å². The van der Waals surface area contributed by atoms with Gasteiger partial charge in [-0.2, -0.15) is 4.98 Å². The molecule has 0 saturated heterocycles. The van der Waals surface area contributed by atoms with E-state index in [1.165, 1.54) is 52.9 Å². The number of methoxy groups -OCH3 is 1. The van der Waals surface area contributed by atoms with Gasteiger partial charge in [-0.1, -0.05) is 252 Å². The van der Waals surface area contributed by atoms with Gasteiger partial charge in [0.05, 0.1) is 35.6 Å². The highest BCUT2D eigenvalue weighted by molar-refractivity contribution is 7.11. The fourth-order valence-electron chi connectivity index (χ4n) is 20.5. The molecule has 0 radical (unpaired) electrons. The lowest BCUT2D eigenvalue weighted by molar-refractivity contribution is 0.217. The summed E-state index contributed by atoms with van der Waals surface area (Å²) in [5.41, 5.74) is 17.7. The maximum absolute atomic E-state index is 6.53. The van der Waals surface area contributed by atoms with E-state index in [1.54, 1.807) is 58.7 Å². The van der Waals surface area contributed by atoms with Gasteiger partial charge in [-0.05, 0) is 213 Å². The summed E-state index contributed by atoms with van der Waals surface area (Å²) in [5, 5.41) is 11.0. The topological polar surface area (TPSA) is 215 Å². The second-order valence-corrected chi connectivity index (χ2v) is 40.7. The fraction of sp³-hybridized carbons (Fsp3) is 0.200. The van der Waals surface area contributed by atoms with Crippen molar-refractivity contribution in [2.75, 3.05) is 7.11 Å². The van der Waals surface area contributed by atoms with Crippen molar-refractivity contribution in [2.24, 2.45) is 0 Å². The molecule has 12 heterocycles. The van der Waals surface area contributed by atoms with Crippen LogP contribution in [0, 0.1) is 27.7 Å². The summed E-state index contributed by atoms with van der Waals surface area (Å²) < 4.78 is 5.34. The maximum Gasteiger partial charge on any atom is 0.316 e. The monoisotopic (exact) mass is 2020 g/mol. The quantitative estimate of drug-likeness (QED) is 0.0543. The Hall–Kier alpha value is -10.8. The Kier molecular flexibility index (Phi) is 28.7. The predicted molar refractivity (Wildman–Crippen MR) is 545 cm³/mol. The average Bonchev–Trinajstić information content (AvgIpc) is 1.35. The Morgan fingerprint density at radius 2 is 0.496 bits per heavy atom. The van der Waals surface area contributed by atoms with Crippen molar-refractivity contribution in [3.8, 4) is 28.3 Å². The van der Waals surface area contributed by atoms with Gasteiger partial charge in [0.1, 0.15) is 43.2 Å². The minimum Gasteiger partial charge on any atom is -0.467 e. The third-order valence-electron chi connectivity index (χ3n) is 25.8. The molecule has 0 spiro atoms. The molecular formula is C105H81Cl9N16OS4. The van der Waals surface area contributed by atoms with Gasteiger partial charge < -0.3 is 4.74 Å². The van der Waals surface area contributed by atoms with Gasteiger partial charge in [0.15, 0.2) is 0 Å². The molecular weight excluding hydrogens is 1950 g/mol. The van der Waals surface area contributed by atoms with Crippen LogP contribution in [0.25, 0.3) is 22.3 Å². The average molecular weight is 2030 g/mol. The van der Waals surface area contributed by atoms with Crippen LogP contribution in [0.15, 0.2) is 301 Å². The van der Waals surface area contributed by atoms with Crippen molar-refractivity contribution in [2.45, 2.75) is 122 Å². The number of ether oxygens (including phenoxy) is 1. The van der Waals surface area contributed by atoms with Gasteiger partial charge in [-0.15, -0.1) is 45.3 Å². The van der Waals surface area contributed by atoms with E-state index in [9.17, 15) is 0 Å². The summed E-state index contributed by atoms with van der Waals surface area (Å²) in [6.45, 7) is 7.63. The molecule has 12 aromatic heterocycles. The fourth-order valence-corrected chi connectivity index (χ4v) is 26.2. The summed E-state index contributed by atoms with van der Waals surface area (Å²) in [6, 6.07) is 92.4. The third-order valence-corrected chi connectivity index (χ3v) is 31.3. The van der Waals surface area contributed by atoms with Crippen LogP contribution in [0.5, 0.6) is 6.01 Å². The molecule has 10 atom stereocenters. The van der Waals surface area contributed by atoms with E-state index in [-0.39, 0.29) is 116 Å². The molecule has 0 amide bonds. The van der Waals surface area contributed by atoms with Gasteiger partial charge in [0, 0.05) is 149 Å². The molecule has 4 aliphatic rings. The molecule has 674 valence electrons. The summed E-state index contributed by atoms with van der Waals surface area (Å²) in [6.07, 6.45) is 3.65. The highest BCUT2D eigenvalue weighted by Crippen LogP contribution is 2.71. The number of halogens is 9. The van der Waals surface area contributed by atoms with Crippen LogP contribution in [-0.4, -0.2) is 86.9 Å². The maximum atomic E-state index is 6.53. The number of rotatable bonds is 19. The second kappa shape index (κ2) is 41.6. The van der Waals surface area contributed by atoms with Crippen molar-refractivity contribution in [1.82, 2.24) is 79.7 Å². The Labute approximate surface area is 842 Å². The van der Waals surface area contributed by atoms with Crippen LogP contribution in [0.2, 0.25) is 46.9 Å². The van der Waals surface area contributed by atoms with Crippen LogP contribution in [0.4, 0.5) is 0 Å². The van der Waals surface area contributed by atoms with Crippen LogP contribution >= 0.6 is 150 Å². The van der Waals surface area contributed by atoms with Crippen molar-refractivity contribution in [3.05, 3.63) is 458 Å². The van der Waals surface area contributed by atoms with Crippen molar-refractivity contribution in [3.63, 3.8) is 0 Å². The number of aryl methyl sites for hydroxylation is 4. The predicted octanol–water partition coefficient (Wildman–Crippen LogP) is 29.6. The van der Waals surface area contributed by atoms with Gasteiger partial charge in [0.2, 0.25) is 21.1 Å². The molecule has 17 nitrogen and oxygen atoms in total. The smallest absolute Gasteiger partial charge is 0.316 e. The number of aromatic nitrogens is 16. The summed E-state index contributed by atoms with van der Waals surface area (Å²) >= 11 is 63.8. The molecule has 4 saturated carbocycles. The Bertz CT molecular complexity index is 6610. The summed E-state index contributed by atoms with van der Waals surface area (Å²) in [7, 11) is 1.61. The van der Waals surface area contributed by atoms with E-state index in [2.05, 4.69) is 289 Å². The molecule has 1 unspecified atom stereocenters. The summed E-state index contributed by atoms with van der Waals surface area (Å²) in [5.74, 6) is 4.12. The molecule has 0 aliphatic heterocycles. The van der Waals surface area contributed by atoms with E-state index in [0.29, 0.717) is 43.4 Å². The van der Waals surface area contributed by atoms with Crippen LogP contribution in [-0.2, 0) is 0 Å². The first kappa shape index (κ1) is 93.2. The van der Waals surface area contributed by atoms with Crippen LogP contribution in [0.3, 0.4) is 0 Å². The highest BCUT2D eigenvalue weighted by Gasteiger charge is 2.59. The number of hydrogen-bond acceptors (Lipinski definition) is 21. The molecule has 18 aromatic rings. The lowest BCUT2D eigenvalue weighted by atomic mass is 9.50. The molecule has 22 rings (SSSR count). The van der Waals surface area contributed by atoms with E-state index >= 15 is 0 Å². The van der Waals surface area contributed by atoms with Crippen LogP contribution < -0.4 is 4.74 Å². The number of nitrogens with zero attached hydrogens (tertiary/aromatic N) is 16. The zero-order valence-electron chi connectivity index (χ0n) is 72.7. The van der Waals surface area contributed by atoms with Crippen molar-refractivity contribution in [1.29, 1.82) is 0 Å². The number of hydrogen-bond donors (Lipinski definition) is 0. The van der Waals surface area contributed by atoms with Gasteiger partial charge in [-0.25, -0.2) is 74.8 Å². The minimum absolute atomic E-state index is 0.00290. The molecule has 30 heteroatoms. The standard InChI is InChI=1S/C37H27Cl3N4.C26H24N4O.2C21H15Cl3N4S2/c1-22-41-29(20-31(38)42-22)35-33(27-16-12-25(13-17-27)23-8-4-2-5-9-23)36(30-21-32(39)44-37(40)43-30)34(35)28-18-14-26(15-19-28)24-10-6-3-7-11-24;1-17-27-15-13-20(29-17)24-22(18-9-5-3-6-10-18)25(21-14-16-28-26(30-21)31-2)23(24)19-11-7-4-8-12-19;1-10-25-11(8-15(22)26-10)17-19(13-4-2-6-29-13)18(20(17)14-5-3-7-30-14)12-9-16(23)28-21(24)27-12;1-10-8-11(26-20(23)25-10)16-17(12-9-15(22)28-21(24)27-12)19(14-5-3-7-30-14)18(16)13-4-2-6-29-13/h2-21,33-36H,1H3;3-16,22-25H,1-2H3;2-9,17-20H,1H3;2-9,16-19H,1H3/t33-,34-,35?,36?;22-,23-,24?,25?;17?,18?,19-,20-;16-,17+,18+,19?/m1111/s1. The largest absolute Gasteiger partial charge is 0.467 e. The zero-order chi connectivity index (χ0) is 93.1. The van der Waals surface area contributed by atoms with E-state index in [0.717, 1.165) is 68.2 Å². The van der Waals surface area contributed by atoms with Crippen molar-refractivity contribution >= 4 is 150 Å². The van der Waals surface area contributed by atoms with E-state index < -0.39 is 0 Å². The van der Waals surface area contributed by atoms with Gasteiger partial charge in [-0.3, -0.25) is 0 Å². The van der Waals surface area contributed by atoms with Crippen molar-refractivity contribution < 1.29 is 4.74 Å². The first-order valence-corrected chi connectivity index (χ1v) is 50.5. The normalized spacial score (nSPS) is 21.9. The minimum atomic E-state index is -0.0443. The molecule has 4 aliphatic carbocycles. The van der Waals surface area contributed by atoms with E-state index in [1.807, 2.05) is 88.5 Å². The Morgan fingerprint density at radius 1 is 0.222 bits per heavy atom. The Balaban J connectivity index is 0.000000117. The first-order valence-electron chi connectivity index (χ1n) is 43.6. The third kappa shape index (κ3) is 20.2. The first-order chi connectivity index (χ1) is 65.7. The van der Waals surface area contributed by atoms with Crippen LogP contribution in [0.1, 0.15) is 205 Å². The molecule has 135 heavy (non-hydrogen) atoms. The van der Waals surface area contributed by atoms with E-state index in [4.69, 9.17) is 134 Å². The number of thiophene rings is 4. The number of benzene rings is 6. The molecule has 0 bridgehead atoms. The SMILES string of the molecule is COc1nccc(C2[C@H](c3ccccc3)C(c3ccnc(C)n3)[C@H]2c2ccccc2)n1.Cc1cc([C@@H]2[C@H](c3cc(Cl)nc(Cl)n3)C(c3cccs3)[C@H]2c2cccs2)nc(Cl)n1.Cc1nc(Cl)cc(C2[C@@H](c3ccc(-c4ccccc4)cc3)C(c3cc(Cl)nc(Cl)n3)[C@@H]2c2ccc(-c3ccccc3)cc2)n1.Cc1nc(Cl)cc(C2[C@@H](c3cccs3)C(c3cc(Cl)nc(Cl)n3)[C@@H]2c2cccs2)n1. The molecule has 0 N–H and O–H groups in total. The lowest BCUT2D eigenvalue weighted by Crippen LogP contribution is -2.41. The zero-order valence-corrected chi connectivity index (χ0v) is 82.8. The second-order valence-electron chi connectivity index (χ2n) is 33.5. The van der Waals surface area contributed by atoms with Gasteiger partial charge >= 0.3 is 6.01 Å².